The maximum atomic E-state index is 5.57. The quantitative estimate of drug-likeness (QED) is 0.463. The first-order chi connectivity index (χ1) is 14.8. The summed E-state index contributed by atoms with van der Waals surface area (Å²) in [6, 6.07) is 16.7. The summed E-state index contributed by atoms with van der Waals surface area (Å²) in [6.07, 6.45) is 3.74. The van der Waals surface area contributed by atoms with Gasteiger partial charge in [-0.05, 0) is 23.8 Å². The molecule has 0 amide bonds. The molecule has 6 rings (SSSR count). The van der Waals surface area contributed by atoms with Gasteiger partial charge in [0, 0.05) is 41.3 Å². The summed E-state index contributed by atoms with van der Waals surface area (Å²) in [5.41, 5.74) is 3.96. The van der Waals surface area contributed by atoms with Gasteiger partial charge < -0.3 is 14.6 Å². The van der Waals surface area contributed by atoms with Gasteiger partial charge in [0.05, 0.1) is 23.4 Å². The van der Waals surface area contributed by atoms with Crippen molar-refractivity contribution in [1.82, 2.24) is 19.9 Å². The number of thiophene rings is 1. The zero-order chi connectivity index (χ0) is 19.9. The van der Waals surface area contributed by atoms with E-state index >= 15 is 0 Å². The molecule has 1 aliphatic rings. The average molecular weight is 414 g/mol. The molecule has 0 radical (unpaired) electrons. The standard InChI is InChI=1S/C23H19N5OS/c1-2-4-15(5-3-1)19-13-18-20(30-19)23(28-8-10-29-11-9-28)27-22(26-18)17-12-16-6-7-24-21(16)25-14-17/h1-7,12-14H,8-11H2,(H,24,25). The summed E-state index contributed by atoms with van der Waals surface area (Å²) >= 11 is 1.75. The van der Waals surface area contributed by atoms with E-state index in [-0.39, 0.29) is 0 Å². The lowest BCUT2D eigenvalue weighted by atomic mass is 10.2. The fraction of sp³-hybridized carbons (Fsp3) is 0.174. The van der Waals surface area contributed by atoms with Crippen LogP contribution < -0.4 is 4.90 Å². The van der Waals surface area contributed by atoms with Crippen LogP contribution in [0.1, 0.15) is 0 Å². The minimum atomic E-state index is 0.706. The number of pyridine rings is 1. The van der Waals surface area contributed by atoms with Crippen LogP contribution in [0.3, 0.4) is 0 Å². The van der Waals surface area contributed by atoms with Crippen molar-refractivity contribution in [3.05, 3.63) is 60.9 Å². The normalized spacial score (nSPS) is 14.6. The molecule has 148 valence electrons. The van der Waals surface area contributed by atoms with Gasteiger partial charge in [0.25, 0.3) is 0 Å². The average Bonchev–Trinajstić information content (AvgIpc) is 3.46. The number of anilines is 1. The Morgan fingerprint density at radius 2 is 1.83 bits per heavy atom. The van der Waals surface area contributed by atoms with E-state index in [4.69, 9.17) is 14.7 Å². The third-order valence-corrected chi connectivity index (χ3v) is 6.55. The number of fused-ring (bicyclic) bond motifs is 2. The van der Waals surface area contributed by atoms with Crippen LogP contribution in [0.25, 0.3) is 43.1 Å². The summed E-state index contributed by atoms with van der Waals surface area (Å²) < 4.78 is 6.69. The molecule has 5 heterocycles. The van der Waals surface area contributed by atoms with Gasteiger partial charge in [0.1, 0.15) is 5.65 Å². The topological polar surface area (TPSA) is 66.9 Å². The Morgan fingerprint density at radius 1 is 0.967 bits per heavy atom. The highest BCUT2D eigenvalue weighted by Gasteiger charge is 2.20. The molecule has 0 spiro atoms. The Kier molecular flexibility index (Phi) is 4.21. The highest BCUT2D eigenvalue weighted by molar-refractivity contribution is 7.22. The fourth-order valence-corrected chi connectivity index (χ4v) is 4.96. The molecule has 1 N–H and O–H groups in total. The summed E-state index contributed by atoms with van der Waals surface area (Å²) in [6.45, 7) is 3.10. The van der Waals surface area contributed by atoms with Gasteiger partial charge in [-0.25, -0.2) is 15.0 Å². The van der Waals surface area contributed by atoms with E-state index in [1.807, 2.05) is 24.5 Å². The second-order valence-corrected chi connectivity index (χ2v) is 8.35. The number of nitrogens with zero attached hydrogens (tertiary/aromatic N) is 4. The molecule has 7 heteroatoms. The Hall–Kier alpha value is -3.29. The number of morpholine rings is 1. The Labute approximate surface area is 177 Å². The molecule has 0 aliphatic carbocycles. The van der Waals surface area contributed by atoms with Crippen LogP contribution in [-0.4, -0.2) is 46.2 Å². The van der Waals surface area contributed by atoms with E-state index in [1.165, 1.54) is 10.4 Å². The fourth-order valence-electron chi connectivity index (χ4n) is 3.84. The summed E-state index contributed by atoms with van der Waals surface area (Å²) in [5, 5.41) is 1.06. The van der Waals surface area contributed by atoms with E-state index in [1.54, 1.807) is 11.3 Å². The van der Waals surface area contributed by atoms with Crippen molar-refractivity contribution in [1.29, 1.82) is 0 Å². The van der Waals surface area contributed by atoms with Gasteiger partial charge >= 0.3 is 0 Å². The molecular formula is C23H19N5OS. The molecule has 5 aromatic rings. The third kappa shape index (κ3) is 3.03. The second-order valence-electron chi connectivity index (χ2n) is 7.30. The molecule has 1 saturated heterocycles. The number of rotatable bonds is 3. The van der Waals surface area contributed by atoms with Gasteiger partial charge in [-0.1, -0.05) is 30.3 Å². The number of hydrogen-bond donors (Lipinski definition) is 1. The first-order valence-corrected chi connectivity index (χ1v) is 10.8. The lowest BCUT2D eigenvalue weighted by molar-refractivity contribution is 0.122. The van der Waals surface area contributed by atoms with Crippen LogP contribution in [-0.2, 0) is 4.74 Å². The molecule has 0 bridgehead atoms. The number of aromatic amines is 1. The SMILES string of the molecule is c1ccc(-c2cc3nc(-c4cnc5[nH]ccc5c4)nc(N4CCOCC4)c3s2)cc1. The van der Waals surface area contributed by atoms with Crippen LogP contribution in [0.2, 0.25) is 0 Å². The predicted molar refractivity (Wildman–Crippen MR) is 121 cm³/mol. The number of H-pyrrole nitrogens is 1. The Morgan fingerprint density at radius 3 is 2.70 bits per heavy atom. The van der Waals surface area contributed by atoms with Crippen LogP contribution in [0.15, 0.2) is 60.9 Å². The van der Waals surface area contributed by atoms with Crippen molar-refractivity contribution in [3.63, 3.8) is 0 Å². The highest BCUT2D eigenvalue weighted by Crippen LogP contribution is 2.38. The smallest absolute Gasteiger partial charge is 0.163 e. The maximum Gasteiger partial charge on any atom is 0.163 e. The molecule has 1 aliphatic heterocycles. The number of ether oxygens (including phenoxy) is 1. The van der Waals surface area contributed by atoms with Gasteiger partial charge in [-0.3, -0.25) is 0 Å². The van der Waals surface area contributed by atoms with Crippen molar-refractivity contribution in [2.45, 2.75) is 0 Å². The molecular weight excluding hydrogens is 394 g/mol. The first kappa shape index (κ1) is 17.6. The summed E-state index contributed by atoms with van der Waals surface area (Å²) in [5.74, 6) is 1.69. The van der Waals surface area contributed by atoms with E-state index in [9.17, 15) is 0 Å². The second kappa shape index (κ2) is 7.19. The van der Waals surface area contributed by atoms with Gasteiger partial charge in [-0.15, -0.1) is 11.3 Å². The Bertz CT molecular complexity index is 1340. The van der Waals surface area contributed by atoms with Crippen molar-refractivity contribution < 1.29 is 4.74 Å². The zero-order valence-electron chi connectivity index (χ0n) is 16.2. The molecule has 1 aromatic carbocycles. The zero-order valence-corrected chi connectivity index (χ0v) is 17.0. The van der Waals surface area contributed by atoms with Crippen molar-refractivity contribution in [3.8, 4) is 21.8 Å². The van der Waals surface area contributed by atoms with E-state index in [0.717, 1.165) is 45.7 Å². The number of hydrogen-bond acceptors (Lipinski definition) is 6. The van der Waals surface area contributed by atoms with E-state index in [0.29, 0.717) is 19.0 Å². The van der Waals surface area contributed by atoms with Crippen molar-refractivity contribution in [2.75, 3.05) is 31.2 Å². The van der Waals surface area contributed by atoms with E-state index < -0.39 is 0 Å². The van der Waals surface area contributed by atoms with Gasteiger partial charge in [0.2, 0.25) is 0 Å². The maximum absolute atomic E-state index is 5.57. The predicted octanol–water partition coefficient (Wildman–Crippen LogP) is 4.74. The Balaban J connectivity index is 1.54. The first-order valence-electron chi connectivity index (χ1n) is 9.98. The minimum absolute atomic E-state index is 0.706. The van der Waals surface area contributed by atoms with Crippen LogP contribution in [0, 0.1) is 0 Å². The molecule has 30 heavy (non-hydrogen) atoms. The molecule has 0 unspecified atom stereocenters. The largest absolute Gasteiger partial charge is 0.378 e. The van der Waals surface area contributed by atoms with Gasteiger partial charge in [0.15, 0.2) is 11.6 Å². The van der Waals surface area contributed by atoms with Crippen LogP contribution >= 0.6 is 11.3 Å². The molecule has 0 saturated carbocycles. The molecule has 4 aromatic heterocycles. The third-order valence-electron chi connectivity index (χ3n) is 5.38. The number of benzene rings is 1. The lowest BCUT2D eigenvalue weighted by Crippen LogP contribution is -2.36. The van der Waals surface area contributed by atoms with Crippen molar-refractivity contribution >= 4 is 38.4 Å². The van der Waals surface area contributed by atoms with E-state index in [2.05, 4.69) is 51.3 Å². The van der Waals surface area contributed by atoms with Crippen LogP contribution in [0.4, 0.5) is 5.82 Å². The monoisotopic (exact) mass is 413 g/mol. The molecule has 6 nitrogen and oxygen atoms in total. The van der Waals surface area contributed by atoms with Gasteiger partial charge in [-0.2, -0.15) is 0 Å². The van der Waals surface area contributed by atoms with Crippen molar-refractivity contribution in [2.24, 2.45) is 0 Å². The molecule has 1 fully saturated rings. The molecule has 0 atom stereocenters. The number of aromatic nitrogens is 4. The minimum Gasteiger partial charge on any atom is -0.378 e. The van der Waals surface area contributed by atoms with Crippen LogP contribution in [0.5, 0.6) is 0 Å². The lowest BCUT2D eigenvalue weighted by Gasteiger charge is -2.28. The summed E-state index contributed by atoms with van der Waals surface area (Å²) in [4.78, 5) is 21.1. The number of nitrogens with one attached hydrogen (secondary N) is 1. The highest BCUT2D eigenvalue weighted by atomic mass is 32.1. The summed E-state index contributed by atoms with van der Waals surface area (Å²) in [7, 11) is 0.